The fourth-order valence-corrected chi connectivity index (χ4v) is 1.94. The molecule has 3 heteroatoms. The molecular formula is C15H26N2O. The van der Waals surface area contributed by atoms with Crippen LogP contribution in [0.2, 0.25) is 0 Å². The summed E-state index contributed by atoms with van der Waals surface area (Å²) in [5.41, 5.74) is 6.40. The molecule has 2 N–H and O–H groups in total. The maximum atomic E-state index is 5.68. The Morgan fingerprint density at radius 2 is 1.89 bits per heavy atom. The van der Waals surface area contributed by atoms with E-state index >= 15 is 0 Å². The molecule has 0 saturated carbocycles. The van der Waals surface area contributed by atoms with Gasteiger partial charge in [0.05, 0.1) is 6.61 Å². The van der Waals surface area contributed by atoms with Crippen molar-refractivity contribution in [2.24, 2.45) is 5.92 Å². The Morgan fingerprint density at radius 1 is 1.22 bits per heavy atom. The maximum absolute atomic E-state index is 5.68. The van der Waals surface area contributed by atoms with Gasteiger partial charge in [-0.05, 0) is 43.1 Å². The van der Waals surface area contributed by atoms with Crippen LogP contribution >= 0.6 is 0 Å². The maximum Gasteiger partial charge on any atom is 0.119 e. The summed E-state index contributed by atoms with van der Waals surface area (Å²) in [5, 5.41) is 0. The Morgan fingerprint density at radius 3 is 2.44 bits per heavy atom. The summed E-state index contributed by atoms with van der Waals surface area (Å²) in [4.78, 5) is 2.47. The summed E-state index contributed by atoms with van der Waals surface area (Å²) >= 11 is 0. The van der Waals surface area contributed by atoms with Gasteiger partial charge in [0.25, 0.3) is 0 Å². The van der Waals surface area contributed by atoms with E-state index in [1.807, 2.05) is 24.3 Å². The lowest BCUT2D eigenvalue weighted by atomic mass is 10.2. The monoisotopic (exact) mass is 250 g/mol. The number of anilines is 1. The van der Waals surface area contributed by atoms with Crippen LogP contribution in [0.25, 0.3) is 0 Å². The molecule has 0 aliphatic heterocycles. The Kier molecular flexibility index (Phi) is 6.58. The number of rotatable bonds is 8. The standard InChI is InChI=1S/C15H26N2O/c1-4-17(12-13(2)3)10-5-11-18-15-8-6-14(16)7-9-15/h6-9,13H,4-5,10-12,16H2,1-3H3. The lowest BCUT2D eigenvalue weighted by molar-refractivity contribution is 0.224. The van der Waals surface area contributed by atoms with E-state index in [1.54, 1.807) is 0 Å². The van der Waals surface area contributed by atoms with Crippen molar-refractivity contribution in [2.75, 3.05) is 32.0 Å². The van der Waals surface area contributed by atoms with Gasteiger partial charge in [0.2, 0.25) is 0 Å². The topological polar surface area (TPSA) is 38.5 Å². The number of nitrogen functional groups attached to an aromatic ring is 1. The van der Waals surface area contributed by atoms with Gasteiger partial charge in [0.1, 0.15) is 5.75 Å². The minimum atomic E-state index is 0.725. The Hall–Kier alpha value is -1.22. The highest BCUT2D eigenvalue weighted by molar-refractivity contribution is 5.41. The molecule has 0 atom stereocenters. The second-order valence-electron chi connectivity index (χ2n) is 5.06. The second kappa shape index (κ2) is 7.98. The number of hydrogen-bond acceptors (Lipinski definition) is 3. The summed E-state index contributed by atoms with van der Waals surface area (Å²) in [6.45, 7) is 10.9. The first kappa shape index (κ1) is 14.8. The highest BCUT2D eigenvalue weighted by atomic mass is 16.5. The second-order valence-corrected chi connectivity index (χ2v) is 5.06. The molecule has 102 valence electrons. The van der Waals surface area contributed by atoms with E-state index in [0.717, 1.165) is 43.5 Å². The lowest BCUT2D eigenvalue weighted by Gasteiger charge is -2.22. The molecule has 18 heavy (non-hydrogen) atoms. The summed E-state index contributed by atoms with van der Waals surface area (Å²) in [7, 11) is 0. The van der Waals surface area contributed by atoms with Crippen molar-refractivity contribution in [3.8, 4) is 5.75 Å². The Labute approximate surface area is 111 Å². The fourth-order valence-electron chi connectivity index (χ4n) is 1.94. The van der Waals surface area contributed by atoms with Gasteiger partial charge in [0.15, 0.2) is 0 Å². The number of benzene rings is 1. The first-order valence-corrected chi connectivity index (χ1v) is 6.82. The summed E-state index contributed by atoms with van der Waals surface area (Å²) < 4.78 is 5.68. The molecule has 0 fully saturated rings. The van der Waals surface area contributed by atoms with Gasteiger partial charge < -0.3 is 15.4 Å². The van der Waals surface area contributed by atoms with Crippen LogP contribution in [0, 0.1) is 5.92 Å². The number of nitrogens with two attached hydrogens (primary N) is 1. The average molecular weight is 250 g/mol. The van der Waals surface area contributed by atoms with Crippen molar-refractivity contribution in [3.63, 3.8) is 0 Å². The molecule has 0 amide bonds. The molecule has 0 heterocycles. The molecule has 1 aromatic carbocycles. The third-order valence-electron chi connectivity index (χ3n) is 2.84. The average Bonchev–Trinajstić information content (AvgIpc) is 2.34. The first-order valence-electron chi connectivity index (χ1n) is 6.82. The van der Waals surface area contributed by atoms with E-state index < -0.39 is 0 Å². The zero-order valence-corrected chi connectivity index (χ0v) is 11.9. The number of hydrogen-bond donors (Lipinski definition) is 1. The quantitative estimate of drug-likeness (QED) is 0.569. The molecule has 0 saturated heterocycles. The van der Waals surface area contributed by atoms with Crippen LogP contribution in [-0.4, -0.2) is 31.1 Å². The van der Waals surface area contributed by atoms with Crippen LogP contribution in [-0.2, 0) is 0 Å². The van der Waals surface area contributed by atoms with Gasteiger partial charge >= 0.3 is 0 Å². The summed E-state index contributed by atoms with van der Waals surface area (Å²) in [6.07, 6.45) is 1.06. The predicted octanol–water partition coefficient (Wildman–Crippen LogP) is 3.02. The van der Waals surface area contributed by atoms with Crippen molar-refractivity contribution in [1.29, 1.82) is 0 Å². The predicted molar refractivity (Wildman–Crippen MR) is 77.9 cm³/mol. The van der Waals surface area contributed by atoms with Gasteiger partial charge in [-0.25, -0.2) is 0 Å². The molecule has 0 aliphatic rings. The first-order chi connectivity index (χ1) is 8.61. The lowest BCUT2D eigenvalue weighted by Crippen LogP contribution is -2.29. The molecule has 0 bridgehead atoms. The molecule has 0 aromatic heterocycles. The van der Waals surface area contributed by atoms with Crippen molar-refractivity contribution in [2.45, 2.75) is 27.2 Å². The zero-order valence-electron chi connectivity index (χ0n) is 11.9. The van der Waals surface area contributed by atoms with Crippen molar-refractivity contribution < 1.29 is 4.74 Å². The van der Waals surface area contributed by atoms with Gasteiger partial charge in [-0.15, -0.1) is 0 Å². The Balaban J connectivity index is 2.19. The van der Waals surface area contributed by atoms with Crippen molar-refractivity contribution in [1.82, 2.24) is 4.90 Å². The molecule has 3 nitrogen and oxygen atoms in total. The molecule has 0 aliphatic carbocycles. The minimum Gasteiger partial charge on any atom is -0.494 e. The SMILES string of the molecule is CCN(CCCOc1ccc(N)cc1)CC(C)C. The highest BCUT2D eigenvalue weighted by Crippen LogP contribution is 2.13. The van der Waals surface area contributed by atoms with E-state index in [1.165, 1.54) is 6.54 Å². The van der Waals surface area contributed by atoms with Crippen LogP contribution in [0.15, 0.2) is 24.3 Å². The number of ether oxygens (including phenoxy) is 1. The van der Waals surface area contributed by atoms with Crippen LogP contribution < -0.4 is 10.5 Å². The third kappa shape index (κ3) is 5.92. The van der Waals surface area contributed by atoms with E-state index in [2.05, 4.69) is 25.7 Å². The highest BCUT2D eigenvalue weighted by Gasteiger charge is 2.04. The van der Waals surface area contributed by atoms with Crippen LogP contribution in [0.5, 0.6) is 5.75 Å². The molecular weight excluding hydrogens is 224 g/mol. The van der Waals surface area contributed by atoms with E-state index in [4.69, 9.17) is 10.5 Å². The smallest absolute Gasteiger partial charge is 0.119 e. The van der Waals surface area contributed by atoms with Gasteiger partial charge in [-0.3, -0.25) is 0 Å². The van der Waals surface area contributed by atoms with Crippen molar-refractivity contribution >= 4 is 5.69 Å². The van der Waals surface area contributed by atoms with E-state index in [0.29, 0.717) is 0 Å². The van der Waals surface area contributed by atoms with Crippen LogP contribution in [0.4, 0.5) is 5.69 Å². The third-order valence-corrected chi connectivity index (χ3v) is 2.84. The van der Waals surface area contributed by atoms with Gasteiger partial charge in [0, 0.05) is 18.8 Å². The van der Waals surface area contributed by atoms with E-state index in [9.17, 15) is 0 Å². The molecule has 0 unspecified atom stereocenters. The van der Waals surface area contributed by atoms with E-state index in [-0.39, 0.29) is 0 Å². The normalized spacial score (nSPS) is 11.2. The molecule has 0 spiro atoms. The zero-order chi connectivity index (χ0) is 13.4. The van der Waals surface area contributed by atoms with Crippen LogP contribution in [0.3, 0.4) is 0 Å². The summed E-state index contributed by atoms with van der Waals surface area (Å²) in [5.74, 6) is 1.62. The van der Waals surface area contributed by atoms with Gasteiger partial charge in [-0.2, -0.15) is 0 Å². The largest absolute Gasteiger partial charge is 0.494 e. The molecule has 1 aromatic rings. The van der Waals surface area contributed by atoms with Crippen molar-refractivity contribution in [3.05, 3.63) is 24.3 Å². The Bertz CT molecular complexity index is 322. The molecule has 1 rings (SSSR count). The number of nitrogens with zero attached hydrogens (tertiary/aromatic N) is 1. The summed E-state index contributed by atoms with van der Waals surface area (Å²) in [6, 6.07) is 7.57. The molecule has 0 radical (unpaired) electrons. The minimum absolute atomic E-state index is 0.725. The van der Waals surface area contributed by atoms with Gasteiger partial charge in [-0.1, -0.05) is 20.8 Å². The fraction of sp³-hybridized carbons (Fsp3) is 0.600. The van der Waals surface area contributed by atoms with Crippen LogP contribution in [0.1, 0.15) is 27.2 Å².